The van der Waals surface area contributed by atoms with Crippen molar-refractivity contribution >= 4 is 23.2 Å². The van der Waals surface area contributed by atoms with E-state index < -0.39 is 5.41 Å². The molecular weight excluding hydrogens is 344 g/mol. The van der Waals surface area contributed by atoms with Crippen LogP contribution in [0.25, 0.3) is 0 Å². The molecule has 1 spiro atoms. The van der Waals surface area contributed by atoms with Gasteiger partial charge in [-0.25, -0.2) is 0 Å². The number of fused-ring (bicyclic) bond motifs is 2. The summed E-state index contributed by atoms with van der Waals surface area (Å²) in [6.45, 7) is 1.83. The van der Waals surface area contributed by atoms with Crippen LogP contribution in [0.2, 0.25) is 0 Å². The molecule has 3 aliphatic heterocycles. The lowest BCUT2D eigenvalue weighted by molar-refractivity contribution is -0.144. The number of hydrogen-bond donors (Lipinski definition) is 0. The number of amides is 2. The number of para-hydroxylation sites is 1. The molecule has 27 heavy (non-hydrogen) atoms. The molecule has 2 amide bonds. The molecule has 140 valence electrons. The van der Waals surface area contributed by atoms with Gasteiger partial charge < -0.3 is 14.1 Å². The highest BCUT2D eigenvalue weighted by Gasteiger charge is 2.53. The van der Waals surface area contributed by atoms with E-state index in [9.17, 15) is 9.59 Å². The Bertz CT molecular complexity index is 862. The number of furan rings is 1. The van der Waals surface area contributed by atoms with Crippen molar-refractivity contribution in [3.05, 3.63) is 48.4 Å². The fourth-order valence-corrected chi connectivity index (χ4v) is 4.72. The molecule has 3 aliphatic rings. The number of hydrogen-bond acceptors (Lipinski definition) is 4. The number of likely N-dealkylation sites (tertiary alicyclic amines) is 1. The van der Waals surface area contributed by atoms with Gasteiger partial charge in [-0.1, -0.05) is 18.2 Å². The van der Waals surface area contributed by atoms with Crippen LogP contribution in [0.5, 0.6) is 0 Å². The van der Waals surface area contributed by atoms with E-state index in [2.05, 4.69) is 0 Å². The highest BCUT2D eigenvalue weighted by Crippen LogP contribution is 2.50. The molecule has 2 saturated heterocycles. The molecule has 2 fully saturated rings. The van der Waals surface area contributed by atoms with Gasteiger partial charge in [0.05, 0.1) is 23.1 Å². The van der Waals surface area contributed by atoms with Crippen LogP contribution in [0.4, 0.5) is 11.4 Å². The lowest BCUT2D eigenvalue weighted by atomic mass is 9.73. The fraction of sp³-hybridized carbons (Fsp3) is 0.429. The van der Waals surface area contributed by atoms with Crippen LogP contribution in [0.1, 0.15) is 31.2 Å². The lowest BCUT2D eigenvalue weighted by Crippen LogP contribution is -2.51. The summed E-state index contributed by atoms with van der Waals surface area (Å²) < 4.78 is 10.8. The summed E-state index contributed by atoms with van der Waals surface area (Å²) in [5.41, 5.74) is 2.16. The van der Waals surface area contributed by atoms with Crippen molar-refractivity contribution in [1.29, 1.82) is 0 Å². The Labute approximate surface area is 157 Å². The summed E-state index contributed by atoms with van der Waals surface area (Å²) in [7, 11) is 0. The van der Waals surface area contributed by atoms with Crippen molar-refractivity contribution in [2.45, 2.75) is 37.2 Å². The second kappa shape index (κ2) is 6.23. The second-order valence-electron chi connectivity index (χ2n) is 7.55. The highest BCUT2D eigenvalue weighted by molar-refractivity contribution is 6.13. The van der Waals surface area contributed by atoms with Crippen molar-refractivity contribution in [2.24, 2.45) is 0 Å². The van der Waals surface area contributed by atoms with E-state index in [0.29, 0.717) is 32.5 Å². The quantitative estimate of drug-likeness (QED) is 0.820. The Balaban J connectivity index is 1.43. The molecule has 0 bridgehead atoms. The molecule has 5 rings (SSSR count). The Morgan fingerprint density at radius 1 is 1.15 bits per heavy atom. The van der Waals surface area contributed by atoms with Gasteiger partial charge in [0.1, 0.15) is 12.4 Å². The largest absolute Gasteiger partial charge is 0.470 e. The third kappa shape index (κ3) is 2.43. The average molecular weight is 366 g/mol. The van der Waals surface area contributed by atoms with Crippen molar-refractivity contribution in [2.75, 3.05) is 24.6 Å². The van der Waals surface area contributed by atoms with Crippen LogP contribution in [-0.4, -0.2) is 42.5 Å². The predicted molar refractivity (Wildman–Crippen MR) is 98.8 cm³/mol. The van der Waals surface area contributed by atoms with Gasteiger partial charge >= 0.3 is 0 Å². The molecule has 0 radical (unpaired) electrons. The summed E-state index contributed by atoms with van der Waals surface area (Å²) in [4.78, 5) is 29.8. The first-order chi connectivity index (χ1) is 13.2. The average Bonchev–Trinajstić information content (AvgIpc) is 3.45. The fourth-order valence-electron chi connectivity index (χ4n) is 4.72. The van der Waals surface area contributed by atoms with Gasteiger partial charge in [0, 0.05) is 25.8 Å². The molecule has 4 heterocycles. The molecular formula is C21H22N2O4. The molecule has 0 saturated carbocycles. The predicted octanol–water partition coefficient (Wildman–Crippen LogP) is 3.00. The zero-order valence-corrected chi connectivity index (χ0v) is 15.1. The minimum absolute atomic E-state index is 0.0766. The van der Waals surface area contributed by atoms with Crippen LogP contribution >= 0.6 is 0 Å². The maximum absolute atomic E-state index is 13.5. The summed E-state index contributed by atoms with van der Waals surface area (Å²) >= 11 is 0. The summed E-state index contributed by atoms with van der Waals surface area (Å²) in [6, 6.07) is 9.78. The van der Waals surface area contributed by atoms with E-state index in [-0.39, 0.29) is 17.9 Å². The Morgan fingerprint density at radius 3 is 2.67 bits per heavy atom. The van der Waals surface area contributed by atoms with Crippen LogP contribution < -0.4 is 4.90 Å². The van der Waals surface area contributed by atoms with E-state index in [4.69, 9.17) is 9.15 Å². The molecule has 2 aromatic rings. The Kier molecular flexibility index (Phi) is 3.82. The van der Waals surface area contributed by atoms with Gasteiger partial charge in [-0.3, -0.25) is 14.5 Å². The zero-order valence-electron chi connectivity index (χ0n) is 15.1. The zero-order chi connectivity index (χ0) is 18.4. The summed E-state index contributed by atoms with van der Waals surface area (Å²) in [5, 5.41) is 0. The minimum Gasteiger partial charge on any atom is -0.470 e. The van der Waals surface area contributed by atoms with Gasteiger partial charge in [-0.2, -0.15) is 0 Å². The van der Waals surface area contributed by atoms with Crippen molar-refractivity contribution < 1.29 is 18.7 Å². The highest BCUT2D eigenvalue weighted by atomic mass is 16.5. The lowest BCUT2D eigenvalue weighted by Gasteiger charge is -2.39. The normalized spacial score (nSPS) is 23.9. The number of carbonyl (C=O) groups excluding carboxylic acids is 2. The number of nitrogens with zero attached hydrogens (tertiary/aromatic N) is 2. The smallest absolute Gasteiger partial charge is 0.251 e. The number of rotatable bonds is 2. The minimum atomic E-state index is -0.568. The molecule has 6 heteroatoms. The molecule has 1 atom stereocenters. The van der Waals surface area contributed by atoms with E-state index in [1.165, 1.54) is 0 Å². The van der Waals surface area contributed by atoms with E-state index in [0.717, 1.165) is 29.8 Å². The number of ether oxygens (including phenoxy) is 1. The number of benzene rings is 1. The maximum atomic E-state index is 13.5. The van der Waals surface area contributed by atoms with E-state index in [1.807, 2.05) is 35.2 Å². The monoisotopic (exact) mass is 366 g/mol. The van der Waals surface area contributed by atoms with Gasteiger partial charge in [0.15, 0.2) is 0 Å². The number of carbonyl (C=O) groups is 2. The second-order valence-corrected chi connectivity index (χ2v) is 7.55. The van der Waals surface area contributed by atoms with Crippen LogP contribution in [0, 0.1) is 0 Å². The molecule has 0 aliphatic carbocycles. The first-order valence-corrected chi connectivity index (χ1v) is 9.57. The molecule has 0 unspecified atom stereocenters. The van der Waals surface area contributed by atoms with Gasteiger partial charge in [0.25, 0.3) is 5.91 Å². The van der Waals surface area contributed by atoms with E-state index >= 15 is 0 Å². The third-order valence-corrected chi connectivity index (χ3v) is 6.17. The van der Waals surface area contributed by atoms with Crippen LogP contribution in [0.3, 0.4) is 0 Å². The van der Waals surface area contributed by atoms with Gasteiger partial charge in [-0.05, 0) is 37.3 Å². The number of anilines is 2. The summed E-state index contributed by atoms with van der Waals surface area (Å²) in [6.07, 6.45) is 5.90. The van der Waals surface area contributed by atoms with E-state index in [1.54, 1.807) is 17.4 Å². The Morgan fingerprint density at radius 2 is 1.96 bits per heavy atom. The van der Waals surface area contributed by atoms with Crippen molar-refractivity contribution in [1.82, 2.24) is 4.90 Å². The van der Waals surface area contributed by atoms with Crippen LogP contribution in [-0.2, 0) is 19.7 Å². The van der Waals surface area contributed by atoms with Crippen molar-refractivity contribution in [3.8, 4) is 0 Å². The number of piperidine rings is 1. The molecule has 6 nitrogen and oxygen atoms in total. The topological polar surface area (TPSA) is 63.0 Å². The molecule has 1 aromatic carbocycles. The summed E-state index contributed by atoms with van der Waals surface area (Å²) in [5.74, 6) is 0.155. The maximum Gasteiger partial charge on any atom is 0.251 e. The van der Waals surface area contributed by atoms with Crippen molar-refractivity contribution in [3.63, 3.8) is 0 Å². The molecule has 0 N–H and O–H groups in total. The first-order valence-electron chi connectivity index (χ1n) is 9.57. The standard InChI is InChI=1S/C21H22N2O4/c24-19(18-6-3-12-27-18)22-10-8-21(9-11-22)16-4-1-2-5-17(16)23(20(21)25)15-7-13-26-14-15/h1-2,4-5,7,13-14,18H,3,6,8-12H2/t18-/m1/s1. The third-order valence-electron chi connectivity index (χ3n) is 6.17. The molecule has 1 aromatic heterocycles. The van der Waals surface area contributed by atoms with Gasteiger partial charge in [0.2, 0.25) is 5.91 Å². The van der Waals surface area contributed by atoms with Gasteiger partial charge in [-0.15, -0.1) is 0 Å². The first kappa shape index (κ1) is 16.6. The Hall–Kier alpha value is -2.60. The SMILES string of the molecule is O=C([C@H]1CCCO1)N1CCC2(CC1)C(=O)N(c1ccoc1)c1ccccc12. The van der Waals surface area contributed by atoms with Crippen LogP contribution in [0.15, 0.2) is 47.3 Å².